The number of halogens is 3. The molecule has 0 aliphatic heterocycles. The fourth-order valence-corrected chi connectivity index (χ4v) is 3.19. The van der Waals surface area contributed by atoms with Crippen molar-refractivity contribution in [2.45, 2.75) is 26.3 Å². The van der Waals surface area contributed by atoms with Gasteiger partial charge in [0.15, 0.2) is 0 Å². The first-order chi connectivity index (χ1) is 17.7. The standard InChI is InChI=1S/C25H26F3N7O2/c1-6-20(25(26,27)28)12-7-17(2)36-15-22-21(13-31-34(22)5)24-32-23(33-37-24)19-10-8-18(9-11-19)14-35(30-4)16-29-3/h6-13,16H,1,4,14-15H2,2-3,5H3/b17-7+,20-12+,29-16?. The Morgan fingerprint density at radius 3 is 2.59 bits per heavy atom. The maximum absolute atomic E-state index is 12.9. The van der Waals surface area contributed by atoms with Crippen molar-refractivity contribution < 1.29 is 22.4 Å². The first-order valence-electron chi connectivity index (χ1n) is 11.0. The number of allylic oxidation sites excluding steroid dienone is 5. The molecule has 12 heteroatoms. The highest BCUT2D eigenvalue weighted by atomic mass is 19.4. The van der Waals surface area contributed by atoms with E-state index < -0.39 is 11.7 Å². The third-order valence-electron chi connectivity index (χ3n) is 5.19. The van der Waals surface area contributed by atoms with E-state index in [9.17, 15) is 13.2 Å². The lowest BCUT2D eigenvalue weighted by molar-refractivity contribution is -0.0881. The number of hydrogen-bond donors (Lipinski definition) is 0. The van der Waals surface area contributed by atoms with Crippen LogP contribution < -0.4 is 0 Å². The molecule has 0 atom stereocenters. The van der Waals surface area contributed by atoms with Crippen molar-refractivity contribution in [3.05, 3.63) is 77.9 Å². The Labute approximate surface area is 212 Å². The zero-order valence-electron chi connectivity index (χ0n) is 20.6. The Bertz CT molecular complexity index is 1320. The van der Waals surface area contributed by atoms with E-state index in [4.69, 9.17) is 9.26 Å². The Morgan fingerprint density at radius 2 is 1.97 bits per heavy atom. The number of benzene rings is 1. The van der Waals surface area contributed by atoms with Crippen molar-refractivity contribution in [1.82, 2.24) is 24.9 Å². The van der Waals surface area contributed by atoms with Gasteiger partial charge in [0, 0.05) is 26.4 Å². The van der Waals surface area contributed by atoms with Gasteiger partial charge in [0.1, 0.15) is 12.9 Å². The third-order valence-corrected chi connectivity index (χ3v) is 5.19. The summed E-state index contributed by atoms with van der Waals surface area (Å²) in [7, 11) is 3.36. The second kappa shape index (κ2) is 12.0. The molecule has 0 aliphatic rings. The Hall–Kier alpha value is -4.48. The summed E-state index contributed by atoms with van der Waals surface area (Å²) < 4.78 is 51.2. The van der Waals surface area contributed by atoms with Crippen LogP contribution in [0.5, 0.6) is 0 Å². The number of hydrogen-bond acceptors (Lipinski definition) is 7. The summed E-state index contributed by atoms with van der Waals surface area (Å²) in [4.78, 5) is 8.41. The van der Waals surface area contributed by atoms with Gasteiger partial charge in [-0.3, -0.25) is 14.7 Å². The summed E-state index contributed by atoms with van der Waals surface area (Å²) in [6.07, 6.45) is 1.54. The minimum atomic E-state index is -4.49. The number of nitrogens with zero attached hydrogens (tertiary/aromatic N) is 7. The molecule has 0 saturated heterocycles. The zero-order chi connectivity index (χ0) is 27.0. The first kappa shape index (κ1) is 27.1. The number of aliphatic imine (C=N–C) groups is 1. The summed E-state index contributed by atoms with van der Waals surface area (Å²) in [6.45, 7) is 8.80. The Balaban J connectivity index is 1.74. The molecule has 3 rings (SSSR count). The average Bonchev–Trinajstić information content (AvgIpc) is 3.49. The van der Waals surface area contributed by atoms with Crippen molar-refractivity contribution in [1.29, 1.82) is 0 Å². The number of rotatable bonds is 11. The van der Waals surface area contributed by atoms with Gasteiger partial charge in [-0.25, -0.2) is 0 Å². The van der Waals surface area contributed by atoms with Crippen LogP contribution in [0.2, 0.25) is 0 Å². The van der Waals surface area contributed by atoms with Crippen molar-refractivity contribution in [2.75, 3.05) is 7.05 Å². The molecule has 194 valence electrons. The summed E-state index contributed by atoms with van der Waals surface area (Å²) in [5.41, 5.74) is 2.02. The fraction of sp³-hybridized carbons (Fsp3) is 0.240. The van der Waals surface area contributed by atoms with Gasteiger partial charge in [0.2, 0.25) is 5.82 Å². The topological polar surface area (TPSA) is 93.9 Å². The molecule has 0 saturated carbocycles. The maximum atomic E-state index is 12.9. The van der Waals surface area contributed by atoms with Crippen molar-refractivity contribution in [2.24, 2.45) is 17.1 Å². The average molecular weight is 514 g/mol. The molecule has 0 fully saturated rings. The molecule has 3 aromatic rings. The van der Waals surface area contributed by atoms with Crippen molar-refractivity contribution in [3.63, 3.8) is 0 Å². The van der Waals surface area contributed by atoms with Gasteiger partial charge in [0.25, 0.3) is 5.89 Å². The van der Waals surface area contributed by atoms with E-state index in [1.807, 2.05) is 24.3 Å². The van der Waals surface area contributed by atoms with E-state index >= 15 is 0 Å². The van der Waals surface area contributed by atoms with E-state index in [1.165, 1.54) is 6.08 Å². The SMILES string of the molecule is C=C/C(=C\C=C(/C)OCc1c(-c2nc(-c3ccc(CN(C=NC)N=C)cc3)no2)cnn1C)C(F)(F)F. The highest BCUT2D eigenvalue weighted by Gasteiger charge is 2.30. The van der Waals surface area contributed by atoms with Crippen LogP contribution in [0.3, 0.4) is 0 Å². The van der Waals surface area contributed by atoms with E-state index in [1.54, 1.807) is 43.2 Å². The second-order valence-corrected chi connectivity index (χ2v) is 7.75. The number of hydrazone groups is 1. The van der Waals surface area contributed by atoms with Gasteiger partial charge in [-0.15, -0.1) is 0 Å². The Morgan fingerprint density at radius 1 is 1.24 bits per heavy atom. The van der Waals surface area contributed by atoms with E-state index in [0.717, 1.165) is 23.3 Å². The predicted octanol–water partition coefficient (Wildman–Crippen LogP) is 5.31. The van der Waals surface area contributed by atoms with Crippen molar-refractivity contribution in [3.8, 4) is 22.8 Å². The van der Waals surface area contributed by atoms with Gasteiger partial charge in [-0.2, -0.15) is 28.4 Å². The number of aromatic nitrogens is 4. The molecule has 1 aromatic carbocycles. The lowest BCUT2D eigenvalue weighted by Crippen LogP contribution is -2.13. The van der Waals surface area contributed by atoms with Crippen LogP contribution in [0.25, 0.3) is 22.8 Å². The molecule has 0 amide bonds. The fourth-order valence-electron chi connectivity index (χ4n) is 3.19. The lowest BCUT2D eigenvalue weighted by Gasteiger charge is -2.12. The molecular weight excluding hydrogens is 487 g/mol. The quantitative estimate of drug-likeness (QED) is 0.113. The molecule has 2 heterocycles. The lowest BCUT2D eigenvalue weighted by atomic mass is 10.1. The number of ether oxygens (including phenoxy) is 1. The van der Waals surface area contributed by atoms with Crippen molar-refractivity contribution >= 4 is 13.1 Å². The molecule has 0 radical (unpaired) electrons. The minimum Gasteiger partial charge on any atom is -0.492 e. The molecule has 9 nitrogen and oxygen atoms in total. The van der Waals surface area contributed by atoms with Crippen LogP contribution in [0.4, 0.5) is 13.2 Å². The van der Waals surface area contributed by atoms with Crippen LogP contribution in [-0.4, -0.2) is 51.2 Å². The number of alkyl halides is 3. The van der Waals surface area contributed by atoms with Crippen LogP contribution in [0, 0.1) is 0 Å². The van der Waals surface area contributed by atoms with Gasteiger partial charge in [0.05, 0.1) is 35.3 Å². The van der Waals surface area contributed by atoms with E-state index in [2.05, 4.69) is 38.6 Å². The summed E-state index contributed by atoms with van der Waals surface area (Å²) in [5, 5.41) is 13.8. The van der Waals surface area contributed by atoms with Crippen LogP contribution in [0.1, 0.15) is 18.2 Å². The largest absolute Gasteiger partial charge is 0.492 e. The molecule has 0 N–H and O–H groups in total. The van der Waals surface area contributed by atoms with Gasteiger partial charge >= 0.3 is 6.18 Å². The van der Waals surface area contributed by atoms with Gasteiger partial charge < -0.3 is 9.26 Å². The van der Waals surface area contributed by atoms with Crippen LogP contribution in [-0.2, 0) is 24.9 Å². The summed E-state index contributed by atoms with van der Waals surface area (Å²) >= 11 is 0. The van der Waals surface area contributed by atoms with Gasteiger partial charge in [-0.1, -0.05) is 42.1 Å². The smallest absolute Gasteiger partial charge is 0.416 e. The highest BCUT2D eigenvalue weighted by Crippen LogP contribution is 2.28. The van der Waals surface area contributed by atoms with Crippen LogP contribution in [0.15, 0.2) is 81.2 Å². The summed E-state index contributed by atoms with van der Waals surface area (Å²) in [5.74, 6) is 0.897. The molecular formula is C25H26F3N7O2. The van der Waals surface area contributed by atoms with Crippen LogP contribution >= 0.6 is 0 Å². The highest BCUT2D eigenvalue weighted by molar-refractivity contribution is 5.61. The van der Waals surface area contributed by atoms with E-state index in [0.29, 0.717) is 23.6 Å². The predicted molar refractivity (Wildman–Crippen MR) is 134 cm³/mol. The third kappa shape index (κ3) is 7.03. The summed E-state index contributed by atoms with van der Waals surface area (Å²) in [6, 6.07) is 7.55. The first-order valence-corrected chi connectivity index (χ1v) is 11.0. The second-order valence-electron chi connectivity index (χ2n) is 7.75. The number of aryl methyl sites for hydroxylation is 1. The molecule has 0 bridgehead atoms. The minimum absolute atomic E-state index is 0.0265. The molecule has 0 unspecified atom stereocenters. The zero-order valence-corrected chi connectivity index (χ0v) is 20.6. The maximum Gasteiger partial charge on any atom is 0.416 e. The monoisotopic (exact) mass is 513 g/mol. The van der Waals surface area contributed by atoms with E-state index in [-0.39, 0.29) is 18.3 Å². The molecule has 2 aromatic heterocycles. The van der Waals surface area contributed by atoms with Gasteiger partial charge in [-0.05, 0) is 24.6 Å². The molecule has 0 aliphatic carbocycles. The Kier molecular flexibility index (Phi) is 8.77. The molecule has 0 spiro atoms. The normalized spacial score (nSPS) is 12.7. The molecule has 37 heavy (non-hydrogen) atoms.